The highest BCUT2D eigenvalue weighted by molar-refractivity contribution is 5.58. The van der Waals surface area contributed by atoms with Crippen molar-refractivity contribution in [2.75, 3.05) is 63.2 Å². The lowest BCUT2D eigenvalue weighted by Crippen LogP contribution is -2.39. The fraction of sp³-hybridized carbons (Fsp3) is 0.464. The van der Waals surface area contributed by atoms with E-state index in [1.54, 1.807) is 0 Å². The van der Waals surface area contributed by atoms with Crippen molar-refractivity contribution in [2.24, 2.45) is 5.73 Å². The van der Waals surface area contributed by atoms with E-state index in [1.165, 1.54) is 11.1 Å². The highest BCUT2D eigenvalue weighted by Crippen LogP contribution is 2.21. The van der Waals surface area contributed by atoms with Crippen LogP contribution in [0.4, 0.5) is 11.9 Å². The maximum absolute atomic E-state index is 5.61. The van der Waals surface area contributed by atoms with Crippen LogP contribution >= 0.6 is 0 Å². The number of hydrogen-bond donors (Lipinski definition) is 3. The van der Waals surface area contributed by atoms with E-state index in [1.807, 2.05) is 12.1 Å². The third kappa shape index (κ3) is 9.05. The molecule has 1 aromatic heterocycles. The summed E-state index contributed by atoms with van der Waals surface area (Å²) < 4.78 is 10.9. The number of rotatable bonds is 14. The van der Waals surface area contributed by atoms with Crippen LogP contribution in [0, 0.1) is 6.92 Å². The second-order valence-electron chi connectivity index (χ2n) is 9.29. The summed E-state index contributed by atoms with van der Waals surface area (Å²) in [6, 6.07) is 19.2. The van der Waals surface area contributed by atoms with E-state index in [9.17, 15) is 0 Å². The van der Waals surface area contributed by atoms with Crippen LogP contribution in [0.2, 0.25) is 0 Å². The smallest absolute Gasteiger partial charge is 0.228 e. The third-order valence-corrected chi connectivity index (χ3v) is 6.28. The van der Waals surface area contributed by atoms with Crippen molar-refractivity contribution in [1.29, 1.82) is 0 Å². The largest absolute Gasteiger partial charge is 0.378 e. The monoisotopic (exact) mass is 505 g/mol. The number of benzene rings is 2. The van der Waals surface area contributed by atoms with Gasteiger partial charge >= 0.3 is 0 Å². The fourth-order valence-corrected chi connectivity index (χ4v) is 4.25. The number of nitrogens with one attached hydrogen (secondary N) is 2. The maximum atomic E-state index is 5.61. The number of ether oxygens (including phenoxy) is 2. The lowest BCUT2D eigenvalue weighted by atomic mass is 10.0. The van der Waals surface area contributed by atoms with Gasteiger partial charge < -0.3 is 25.8 Å². The first-order valence-electron chi connectivity index (χ1n) is 13.1. The number of aromatic nitrogens is 3. The van der Waals surface area contributed by atoms with E-state index in [0.29, 0.717) is 63.3 Å². The average molecular weight is 506 g/mol. The van der Waals surface area contributed by atoms with E-state index < -0.39 is 0 Å². The van der Waals surface area contributed by atoms with Gasteiger partial charge in [0.1, 0.15) is 0 Å². The Balaban J connectivity index is 1.34. The third-order valence-electron chi connectivity index (χ3n) is 6.28. The molecule has 0 atom stereocenters. The van der Waals surface area contributed by atoms with Crippen molar-refractivity contribution in [3.05, 3.63) is 65.7 Å². The summed E-state index contributed by atoms with van der Waals surface area (Å²) in [5.74, 6) is 1.79. The number of nitrogens with zero attached hydrogens (tertiary/aromatic N) is 4. The molecule has 198 valence electrons. The van der Waals surface area contributed by atoms with Gasteiger partial charge in [0, 0.05) is 44.3 Å². The van der Waals surface area contributed by atoms with Crippen molar-refractivity contribution in [1.82, 2.24) is 19.9 Å². The number of likely N-dealkylation sites (tertiary alicyclic amines) is 1. The normalized spacial score (nSPS) is 14.5. The lowest BCUT2D eigenvalue weighted by Gasteiger charge is -2.32. The van der Waals surface area contributed by atoms with Crippen LogP contribution in [0.5, 0.6) is 0 Å². The van der Waals surface area contributed by atoms with Crippen LogP contribution in [0.3, 0.4) is 0 Å². The molecule has 0 amide bonds. The topological polar surface area (TPSA) is 110 Å². The standard InChI is InChI=1S/C28H39N7O2/c1-22-7-9-24(10-8-22)26-32-27(30-14-18-37-20-19-36-17-13-29)34-28(33-26)31-25-11-15-35(16-12-25)21-23-5-3-2-4-6-23/h2-10,25H,11-21,29H2,1H3,(H2,30,31,32,33,34). The molecule has 0 radical (unpaired) electrons. The van der Waals surface area contributed by atoms with E-state index in [4.69, 9.17) is 20.2 Å². The predicted octanol–water partition coefficient (Wildman–Crippen LogP) is 3.33. The van der Waals surface area contributed by atoms with Gasteiger partial charge in [-0.2, -0.15) is 15.0 Å². The fourth-order valence-electron chi connectivity index (χ4n) is 4.25. The van der Waals surface area contributed by atoms with Crippen molar-refractivity contribution in [3.63, 3.8) is 0 Å². The van der Waals surface area contributed by atoms with Crippen molar-refractivity contribution >= 4 is 11.9 Å². The van der Waals surface area contributed by atoms with Gasteiger partial charge in [-0.3, -0.25) is 4.90 Å². The second-order valence-corrected chi connectivity index (χ2v) is 9.29. The Morgan fingerprint density at radius 3 is 2.30 bits per heavy atom. The van der Waals surface area contributed by atoms with Gasteiger partial charge in [0.05, 0.1) is 26.4 Å². The highest BCUT2D eigenvalue weighted by Gasteiger charge is 2.20. The Labute approximate surface area is 219 Å². The minimum Gasteiger partial charge on any atom is -0.378 e. The molecule has 4 N–H and O–H groups in total. The predicted molar refractivity (Wildman–Crippen MR) is 148 cm³/mol. The molecule has 0 aliphatic carbocycles. The number of hydrogen-bond acceptors (Lipinski definition) is 9. The van der Waals surface area contributed by atoms with E-state index in [0.717, 1.165) is 38.0 Å². The van der Waals surface area contributed by atoms with E-state index in [2.05, 4.69) is 74.9 Å². The Hall–Kier alpha value is -3.11. The molecule has 0 spiro atoms. The van der Waals surface area contributed by atoms with Crippen LogP contribution in [0.1, 0.15) is 24.0 Å². The van der Waals surface area contributed by atoms with Crippen LogP contribution in [0.25, 0.3) is 11.4 Å². The zero-order valence-electron chi connectivity index (χ0n) is 21.7. The molecule has 1 saturated heterocycles. The molecule has 0 bridgehead atoms. The Bertz CT molecular complexity index is 1060. The molecular formula is C28H39N7O2. The summed E-state index contributed by atoms with van der Waals surface area (Å²) in [5, 5.41) is 6.85. The Kier molecular flexibility index (Phi) is 10.6. The molecule has 2 heterocycles. The molecule has 9 heteroatoms. The van der Waals surface area contributed by atoms with Crippen LogP contribution in [-0.4, -0.2) is 78.5 Å². The molecule has 2 aromatic carbocycles. The summed E-state index contributed by atoms with van der Waals surface area (Å²) in [5.41, 5.74) is 8.94. The quantitative estimate of drug-likeness (QED) is 0.284. The van der Waals surface area contributed by atoms with Gasteiger partial charge in [0.2, 0.25) is 11.9 Å². The molecule has 1 fully saturated rings. The van der Waals surface area contributed by atoms with E-state index in [-0.39, 0.29) is 0 Å². The lowest BCUT2D eigenvalue weighted by molar-refractivity contribution is 0.0547. The minimum atomic E-state index is 0.324. The summed E-state index contributed by atoms with van der Waals surface area (Å²) in [6.07, 6.45) is 2.09. The second kappa shape index (κ2) is 14.6. The summed E-state index contributed by atoms with van der Waals surface area (Å²) in [7, 11) is 0. The molecule has 3 aromatic rings. The van der Waals surface area contributed by atoms with E-state index >= 15 is 0 Å². The first kappa shape index (κ1) is 26.9. The summed E-state index contributed by atoms with van der Waals surface area (Å²) >= 11 is 0. The highest BCUT2D eigenvalue weighted by atomic mass is 16.5. The van der Waals surface area contributed by atoms with Crippen LogP contribution in [-0.2, 0) is 16.0 Å². The zero-order chi connectivity index (χ0) is 25.7. The summed E-state index contributed by atoms with van der Waals surface area (Å²) in [6.45, 7) is 8.41. The molecule has 0 saturated carbocycles. The number of aryl methyl sites for hydroxylation is 1. The van der Waals surface area contributed by atoms with Crippen LogP contribution < -0.4 is 16.4 Å². The molecule has 1 aliphatic rings. The molecule has 4 rings (SSSR count). The molecular weight excluding hydrogens is 466 g/mol. The molecule has 37 heavy (non-hydrogen) atoms. The number of anilines is 2. The number of piperidine rings is 1. The van der Waals surface area contributed by atoms with Gasteiger partial charge in [-0.25, -0.2) is 0 Å². The first-order valence-corrected chi connectivity index (χ1v) is 13.1. The molecule has 1 aliphatic heterocycles. The van der Waals surface area contributed by atoms with Crippen molar-refractivity contribution < 1.29 is 9.47 Å². The SMILES string of the molecule is Cc1ccc(-c2nc(NCCOCCOCCN)nc(NC3CCN(Cc4ccccc4)CC3)n2)cc1. The van der Waals surface area contributed by atoms with Crippen molar-refractivity contribution in [2.45, 2.75) is 32.4 Å². The van der Waals surface area contributed by atoms with Gasteiger partial charge in [0.15, 0.2) is 5.82 Å². The molecule has 0 unspecified atom stereocenters. The average Bonchev–Trinajstić information content (AvgIpc) is 2.92. The zero-order valence-corrected chi connectivity index (χ0v) is 21.7. The van der Waals surface area contributed by atoms with Gasteiger partial charge in [-0.15, -0.1) is 0 Å². The summed E-state index contributed by atoms with van der Waals surface area (Å²) in [4.78, 5) is 16.6. The van der Waals surface area contributed by atoms with Crippen LogP contribution in [0.15, 0.2) is 54.6 Å². The first-order chi connectivity index (χ1) is 18.2. The Morgan fingerprint density at radius 2 is 1.57 bits per heavy atom. The maximum Gasteiger partial charge on any atom is 0.228 e. The van der Waals surface area contributed by atoms with Crippen molar-refractivity contribution in [3.8, 4) is 11.4 Å². The van der Waals surface area contributed by atoms with Gasteiger partial charge in [-0.05, 0) is 25.3 Å². The van der Waals surface area contributed by atoms with Gasteiger partial charge in [-0.1, -0.05) is 60.2 Å². The minimum absolute atomic E-state index is 0.324. The van der Waals surface area contributed by atoms with Gasteiger partial charge in [0.25, 0.3) is 0 Å². The Morgan fingerprint density at radius 1 is 0.865 bits per heavy atom. The molecule has 9 nitrogen and oxygen atoms in total. The number of nitrogens with two attached hydrogens (primary N) is 1.